The van der Waals surface area contributed by atoms with Gasteiger partial charge in [0.1, 0.15) is 13.0 Å². The molecule has 1 aliphatic heterocycles. The molecule has 36 heavy (non-hydrogen) atoms. The Morgan fingerprint density at radius 1 is 1.06 bits per heavy atom. The third kappa shape index (κ3) is 7.06. The summed E-state index contributed by atoms with van der Waals surface area (Å²) in [4.78, 5) is 9.63. The van der Waals surface area contributed by atoms with E-state index in [1.165, 1.54) is 0 Å². The van der Waals surface area contributed by atoms with Crippen molar-refractivity contribution in [1.82, 2.24) is 10.2 Å². The minimum atomic E-state index is -2.31. The van der Waals surface area contributed by atoms with E-state index < -0.39 is 7.14 Å². The van der Waals surface area contributed by atoms with Crippen LogP contribution in [-0.2, 0) is 4.57 Å². The molecule has 0 aliphatic carbocycles. The van der Waals surface area contributed by atoms with Gasteiger partial charge in [-0.05, 0) is 80.8 Å². The average molecular weight is 521 g/mol. The number of hydrogen-bond acceptors (Lipinski definition) is 6. The first kappa shape index (κ1) is 25.7. The van der Waals surface area contributed by atoms with Gasteiger partial charge < -0.3 is 15.2 Å². The third-order valence-electron chi connectivity index (χ3n) is 5.63. The van der Waals surface area contributed by atoms with E-state index in [1.54, 1.807) is 13.3 Å². The third-order valence-corrected chi connectivity index (χ3v) is 7.41. The van der Waals surface area contributed by atoms with Crippen LogP contribution in [0.3, 0.4) is 0 Å². The number of H-pyrrole nitrogens is 1. The number of aromatic nitrogens is 2. The number of allylic oxidation sites excluding steroid dienone is 2. The summed E-state index contributed by atoms with van der Waals surface area (Å²) in [6.07, 6.45) is 6.81. The van der Waals surface area contributed by atoms with Gasteiger partial charge in [0.05, 0.1) is 0 Å². The van der Waals surface area contributed by atoms with Crippen molar-refractivity contribution in [3.63, 3.8) is 0 Å². The van der Waals surface area contributed by atoms with Gasteiger partial charge in [-0.15, -0.1) is 0 Å². The molecule has 3 aromatic rings. The second-order valence-electron chi connectivity index (χ2n) is 9.17. The van der Waals surface area contributed by atoms with Crippen molar-refractivity contribution in [2.24, 2.45) is 15.9 Å². The van der Waals surface area contributed by atoms with Gasteiger partial charge in [-0.2, -0.15) is 10.1 Å². The summed E-state index contributed by atoms with van der Waals surface area (Å²) in [5, 5.41) is 15.3. The summed E-state index contributed by atoms with van der Waals surface area (Å²) in [5.41, 5.74) is 3.67. The molecule has 0 radical (unpaired) electrons. The fourth-order valence-corrected chi connectivity index (χ4v) is 4.67. The van der Waals surface area contributed by atoms with Crippen LogP contribution >= 0.6 is 18.7 Å². The Morgan fingerprint density at radius 3 is 2.50 bits per heavy atom. The Morgan fingerprint density at radius 2 is 1.83 bits per heavy atom. The van der Waals surface area contributed by atoms with E-state index in [4.69, 9.17) is 21.6 Å². The maximum Gasteiger partial charge on any atom is 0.230 e. The molecule has 0 spiro atoms. The number of halogens is 1. The van der Waals surface area contributed by atoms with Crippen LogP contribution in [0.5, 0.6) is 0 Å². The Bertz CT molecular complexity index is 1400. The average Bonchev–Trinajstić information content (AvgIpc) is 3.23. The molecule has 0 fully saturated rings. The topological polar surface area (TPSA) is 94.5 Å². The number of rotatable bonds is 6. The van der Waals surface area contributed by atoms with Gasteiger partial charge in [-0.3, -0.25) is 5.10 Å². The van der Waals surface area contributed by atoms with Gasteiger partial charge in [0.25, 0.3) is 0 Å². The summed E-state index contributed by atoms with van der Waals surface area (Å²) >= 11 is 6.14. The quantitative estimate of drug-likeness (QED) is 0.322. The number of anilines is 2. The number of aliphatic imine (C=N–C) groups is 2. The van der Waals surface area contributed by atoms with Crippen molar-refractivity contribution in [1.29, 1.82) is 0 Å². The summed E-state index contributed by atoms with van der Waals surface area (Å²) in [5.74, 6) is 1.86. The molecule has 7 nitrogen and oxygen atoms in total. The lowest BCUT2D eigenvalue weighted by molar-refractivity contribution is 0.588. The zero-order valence-corrected chi connectivity index (χ0v) is 22.4. The lowest BCUT2D eigenvalue weighted by Gasteiger charge is -2.17. The Kier molecular flexibility index (Phi) is 7.92. The molecule has 2 aromatic carbocycles. The number of nitrogens with zero attached hydrogens (tertiary/aromatic N) is 3. The highest BCUT2D eigenvalue weighted by Gasteiger charge is 2.15. The number of aryl methyl sites for hydroxylation is 1. The highest BCUT2D eigenvalue weighted by Crippen LogP contribution is 2.34. The summed E-state index contributed by atoms with van der Waals surface area (Å²) in [6.45, 7) is 7.60. The molecule has 1 atom stereocenters. The molecular formula is C27H30ClN6OP. The Hall–Kier alpha value is -3.41. The van der Waals surface area contributed by atoms with Crippen LogP contribution in [0.15, 0.2) is 82.6 Å². The predicted molar refractivity (Wildman–Crippen MR) is 153 cm³/mol. The van der Waals surface area contributed by atoms with Crippen LogP contribution in [0.4, 0.5) is 11.5 Å². The van der Waals surface area contributed by atoms with Gasteiger partial charge in [-0.25, -0.2) is 4.99 Å². The molecule has 0 amide bonds. The molecule has 0 saturated heterocycles. The zero-order valence-electron chi connectivity index (χ0n) is 20.8. The SMILES string of the molecule is Cc1cc(NC2=N/C(Nc3ccc(P(C)(C)=O)cc3)=C/CC(C)C(/C=C/c3cccc(Cl)c3)=N2)n[nH]1. The summed E-state index contributed by atoms with van der Waals surface area (Å²) in [7, 11) is -2.31. The van der Waals surface area contributed by atoms with Crippen LogP contribution in [0, 0.1) is 12.8 Å². The minimum absolute atomic E-state index is 0.138. The van der Waals surface area contributed by atoms with E-state index >= 15 is 0 Å². The first-order chi connectivity index (χ1) is 17.2. The molecular weight excluding hydrogens is 491 g/mol. The van der Waals surface area contributed by atoms with Crippen molar-refractivity contribution in [2.75, 3.05) is 24.0 Å². The molecule has 9 heteroatoms. The highest BCUT2D eigenvalue weighted by atomic mass is 35.5. The smallest absolute Gasteiger partial charge is 0.230 e. The summed E-state index contributed by atoms with van der Waals surface area (Å²) < 4.78 is 12.3. The minimum Gasteiger partial charge on any atom is -0.340 e. The van der Waals surface area contributed by atoms with E-state index in [0.29, 0.717) is 22.6 Å². The maximum absolute atomic E-state index is 12.3. The normalized spacial score (nSPS) is 18.0. The first-order valence-corrected chi connectivity index (χ1v) is 14.7. The monoisotopic (exact) mass is 520 g/mol. The van der Waals surface area contributed by atoms with E-state index in [9.17, 15) is 4.57 Å². The summed E-state index contributed by atoms with van der Waals surface area (Å²) in [6, 6.07) is 17.2. The molecule has 1 unspecified atom stereocenters. The van der Waals surface area contributed by atoms with Crippen molar-refractivity contribution >= 4 is 53.3 Å². The molecule has 0 saturated carbocycles. The molecule has 186 valence electrons. The molecule has 4 rings (SSSR count). The van der Waals surface area contributed by atoms with Gasteiger partial charge in [0.2, 0.25) is 5.96 Å². The number of hydrogen-bond donors (Lipinski definition) is 3. The van der Waals surface area contributed by atoms with E-state index in [1.807, 2.05) is 73.7 Å². The second kappa shape index (κ2) is 11.1. The standard InChI is InChI=1S/C27H30ClN6OP/c1-18-8-15-25(29-22-10-12-23(13-11-22)36(3,4)35)31-27(32-26-16-19(2)33-34-26)30-24(18)14-9-20-6-5-7-21(28)17-20/h5-7,9-18,29H,8H2,1-4H3,(H2,31,32,33,34)/b14-9+,25-15+,30-24?. The van der Waals surface area contributed by atoms with E-state index in [0.717, 1.165) is 34.4 Å². The van der Waals surface area contributed by atoms with Crippen LogP contribution in [0.2, 0.25) is 5.02 Å². The Labute approximate surface area is 216 Å². The number of nitrogens with one attached hydrogen (secondary N) is 3. The number of benzene rings is 2. The lowest BCUT2D eigenvalue weighted by Crippen LogP contribution is -2.19. The molecule has 0 bridgehead atoms. The molecule has 3 N–H and O–H groups in total. The fourth-order valence-electron chi connectivity index (χ4n) is 3.60. The predicted octanol–water partition coefficient (Wildman–Crippen LogP) is 6.54. The Balaban J connectivity index is 1.64. The first-order valence-electron chi connectivity index (χ1n) is 11.7. The van der Waals surface area contributed by atoms with Crippen molar-refractivity contribution in [3.8, 4) is 0 Å². The van der Waals surface area contributed by atoms with E-state index in [2.05, 4.69) is 33.8 Å². The highest BCUT2D eigenvalue weighted by molar-refractivity contribution is 7.70. The largest absolute Gasteiger partial charge is 0.340 e. The maximum atomic E-state index is 12.3. The number of guanidine groups is 1. The van der Waals surface area contributed by atoms with Gasteiger partial charge in [0, 0.05) is 39.4 Å². The van der Waals surface area contributed by atoms with Crippen LogP contribution in [0.1, 0.15) is 24.6 Å². The van der Waals surface area contributed by atoms with Crippen LogP contribution in [0.25, 0.3) is 6.08 Å². The van der Waals surface area contributed by atoms with Crippen molar-refractivity contribution < 1.29 is 4.57 Å². The van der Waals surface area contributed by atoms with Crippen molar-refractivity contribution in [2.45, 2.75) is 20.3 Å². The second-order valence-corrected chi connectivity index (χ2v) is 12.8. The van der Waals surface area contributed by atoms with Gasteiger partial charge in [0.15, 0.2) is 5.82 Å². The number of aromatic amines is 1. The zero-order chi connectivity index (χ0) is 25.7. The van der Waals surface area contributed by atoms with Gasteiger partial charge in [-0.1, -0.05) is 36.7 Å². The fraction of sp³-hybridized carbons (Fsp3) is 0.222. The van der Waals surface area contributed by atoms with Crippen molar-refractivity contribution in [3.05, 3.63) is 88.9 Å². The van der Waals surface area contributed by atoms with Crippen LogP contribution < -0.4 is 15.9 Å². The molecule has 1 aliphatic rings. The molecule has 2 heterocycles. The van der Waals surface area contributed by atoms with Gasteiger partial charge >= 0.3 is 0 Å². The van der Waals surface area contributed by atoms with E-state index in [-0.39, 0.29) is 5.92 Å². The molecule has 1 aromatic heterocycles. The van der Waals surface area contributed by atoms with Crippen LogP contribution in [-0.4, -0.2) is 35.2 Å². The lowest BCUT2D eigenvalue weighted by atomic mass is 9.99.